The first-order valence-electron chi connectivity index (χ1n) is 5.20. The van der Waals surface area contributed by atoms with E-state index in [0.717, 1.165) is 37.2 Å². The van der Waals surface area contributed by atoms with Gasteiger partial charge in [0, 0.05) is 37.2 Å². The predicted molar refractivity (Wildman–Crippen MR) is 65.2 cm³/mol. The Morgan fingerprint density at radius 2 is 1.93 bits per heavy atom. The van der Waals surface area contributed by atoms with Gasteiger partial charge in [-0.1, -0.05) is 28.1 Å². The Bertz CT molecular complexity index is 321. The summed E-state index contributed by atoms with van der Waals surface area (Å²) in [7, 11) is 0. The van der Waals surface area contributed by atoms with Crippen molar-refractivity contribution in [3.8, 4) is 0 Å². The van der Waals surface area contributed by atoms with Gasteiger partial charge in [-0.25, -0.2) is 5.01 Å². The monoisotopic (exact) mass is 269 g/mol. The summed E-state index contributed by atoms with van der Waals surface area (Å²) >= 11 is 3.49. The van der Waals surface area contributed by atoms with Crippen molar-refractivity contribution in [2.45, 2.75) is 6.54 Å². The molecular formula is C11H16BrN3. The second-order valence-corrected chi connectivity index (χ2v) is 4.86. The number of hydrogen-bond donors (Lipinski definition) is 1. The van der Waals surface area contributed by atoms with Crippen LogP contribution in [0.4, 0.5) is 0 Å². The average Bonchev–Trinajstić information content (AvgIpc) is 2.22. The molecule has 2 rings (SSSR count). The first kappa shape index (κ1) is 11.1. The van der Waals surface area contributed by atoms with Crippen LogP contribution in [0, 0.1) is 0 Å². The summed E-state index contributed by atoms with van der Waals surface area (Å²) in [6.07, 6.45) is 0. The number of halogens is 1. The van der Waals surface area contributed by atoms with Gasteiger partial charge in [-0.05, 0) is 17.7 Å². The minimum Gasteiger partial charge on any atom is -0.296 e. The van der Waals surface area contributed by atoms with Crippen molar-refractivity contribution in [2.24, 2.45) is 5.84 Å². The maximum atomic E-state index is 5.71. The van der Waals surface area contributed by atoms with E-state index in [9.17, 15) is 0 Å². The number of hydrogen-bond acceptors (Lipinski definition) is 3. The van der Waals surface area contributed by atoms with Crippen LogP contribution in [-0.2, 0) is 6.54 Å². The lowest BCUT2D eigenvalue weighted by Crippen LogP contribution is -2.48. The highest BCUT2D eigenvalue weighted by Crippen LogP contribution is 2.13. The molecule has 0 unspecified atom stereocenters. The molecule has 1 aliphatic rings. The van der Waals surface area contributed by atoms with Gasteiger partial charge in [0.1, 0.15) is 0 Å². The SMILES string of the molecule is NN1CCN(Cc2cccc(Br)c2)CC1. The molecule has 82 valence electrons. The lowest BCUT2D eigenvalue weighted by molar-refractivity contribution is 0.128. The molecular weight excluding hydrogens is 254 g/mol. The largest absolute Gasteiger partial charge is 0.296 e. The topological polar surface area (TPSA) is 32.5 Å². The van der Waals surface area contributed by atoms with Crippen LogP contribution in [0.1, 0.15) is 5.56 Å². The molecule has 0 amide bonds. The first-order valence-corrected chi connectivity index (χ1v) is 6.00. The Balaban J connectivity index is 1.92. The quantitative estimate of drug-likeness (QED) is 0.825. The van der Waals surface area contributed by atoms with Crippen molar-refractivity contribution in [2.75, 3.05) is 26.2 Å². The smallest absolute Gasteiger partial charge is 0.0257 e. The maximum Gasteiger partial charge on any atom is 0.0257 e. The highest BCUT2D eigenvalue weighted by molar-refractivity contribution is 9.10. The third kappa shape index (κ3) is 3.28. The number of nitrogens with two attached hydrogens (primary N) is 1. The van der Waals surface area contributed by atoms with E-state index in [-0.39, 0.29) is 0 Å². The summed E-state index contributed by atoms with van der Waals surface area (Å²) in [5, 5.41) is 1.89. The Labute approximate surface area is 98.9 Å². The van der Waals surface area contributed by atoms with Gasteiger partial charge >= 0.3 is 0 Å². The molecule has 3 nitrogen and oxygen atoms in total. The summed E-state index contributed by atoms with van der Waals surface area (Å²) in [6.45, 7) is 5.07. The van der Waals surface area contributed by atoms with Crippen LogP contribution >= 0.6 is 15.9 Å². The molecule has 0 aromatic heterocycles. The summed E-state index contributed by atoms with van der Waals surface area (Å²) in [4.78, 5) is 2.44. The molecule has 1 heterocycles. The van der Waals surface area contributed by atoms with E-state index in [1.807, 2.05) is 5.01 Å². The van der Waals surface area contributed by atoms with Crippen molar-refractivity contribution in [3.63, 3.8) is 0 Å². The van der Waals surface area contributed by atoms with Gasteiger partial charge in [-0.2, -0.15) is 0 Å². The zero-order valence-corrected chi connectivity index (χ0v) is 10.3. The zero-order chi connectivity index (χ0) is 10.7. The lowest BCUT2D eigenvalue weighted by atomic mass is 10.2. The van der Waals surface area contributed by atoms with Gasteiger partial charge in [-0.15, -0.1) is 0 Å². The van der Waals surface area contributed by atoms with Crippen LogP contribution in [0.15, 0.2) is 28.7 Å². The molecule has 1 saturated heterocycles. The zero-order valence-electron chi connectivity index (χ0n) is 8.69. The third-order valence-electron chi connectivity index (χ3n) is 2.70. The van der Waals surface area contributed by atoms with Gasteiger partial charge in [-0.3, -0.25) is 10.7 Å². The minimum absolute atomic E-state index is 0.966. The van der Waals surface area contributed by atoms with E-state index in [1.54, 1.807) is 0 Å². The Hall–Kier alpha value is -0.420. The third-order valence-corrected chi connectivity index (χ3v) is 3.20. The Morgan fingerprint density at radius 3 is 2.60 bits per heavy atom. The lowest BCUT2D eigenvalue weighted by Gasteiger charge is -2.31. The van der Waals surface area contributed by atoms with Crippen molar-refractivity contribution in [3.05, 3.63) is 34.3 Å². The molecule has 0 radical (unpaired) electrons. The van der Waals surface area contributed by atoms with E-state index >= 15 is 0 Å². The van der Waals surface area contributed by atoms with Crippen molar-refractivity contribution >= 4 is 15.9 Å². The standard InChI is InChI=1S/C11H16BrN3/c12-11-3-1-2-10(8-11)9-14-4-6-15(13)7-5-14/h1-3,8H,4-7,9,13H2. The van der Waals surface area contributed by atoms with E-state index in [4.69, 9.17) is 5.84 Å². The fraction of sp³-hybridized carbons (Fsp3) is 0.455. The molecule has 1 fully saturated rings. The molecule has 1 aromatic rings. The molecule has 0 saturated carbocycles. The van der Waals surface area contributed by atoms with Crippen LogP contribution < -0.4 is 5.84 Å². The van der Waals surface area contributed by atoms with Crippen molar-refractivity contribution in [1.29, 1.82) is 0 Å². The maximum absolute atomic E-state index is 5.71. The van der Waals surface area contributed by atoms with Gasteiger partial charge < -0.3 is 0 Å². The van der Waals surface area contributed by atoms with Gasteiger partial charge in [0.05, 0.1) is 0 Å². The predicted octanol–water partition coefficient (Wildman–Crippen LogP) is 1.44. The van der Waals surface area contributed by atoms with Crippen LogP contribution in [0.2, 0.25) is 0 Å². The number of rotatable bonds is 2. The summed E-state index contributed by atoms with van der Waals surface area (Å²) < 4.78 is 1.15. The van der Waals surface area contributed by atoms with Crippen LogP contribution in [0.5, 0.6) is 0 Å². The van der Waals surface area contributed by atoms with Crippen LogP contribution in [-0.4, -0.2) is 36.1 Å². The van der Waals surface area contributed by atoms with Gasteiger partial charge in [0.15, 0.2) is 0 Å². The van der Waals surface area contributed by atoms with Crippen molar-refractivity contribution < 1.29 is 0 Å². The summed E-state index contributed by atoms with van der Waals surface area (Å²) in [6, 6.07) is 8.48. The molecule has 0 bridgehead atoms. The van der Waals surface area contributed by atoms with E-state index in [1.165, 1.54) is 5.56 Å². The molecule has 15 heavy (non-hydrogen) atoms. The minimum atomic E-state index is 0.966. The van der Waals surface area contributed by atoms with Gasteiger partial charge in [0.25, 0.3) is 0 Å². The molecule has 1 aliphatic heterocycles. The summed E-state index contributed by atoms with van der Waals surface area (Å²) in [5.74, 6) is 5.71. The Kier molecular flexibility index (Phi) is 3.75. The van der Waals surface area contributed by atoms with E-state index < -0.39 is 0 Å². The molecule has 4 heteroatoms. The molecule has 0 spiro atoms. The normalized spacial score (nSPS) is 19.3. The molecule has 0 atom stereocenters. The highest BCUT2D eigenvalue weighted by atomic mass is 79.9. The highest BCUT2D eigenvalue weighted by Gasteiger charge is 2.13. The van der Waals surface area contributed by atoms with E-state index in [2.05, 4.69) is 45.1 Å². The summed E-state index contributed by atoms with van der Waals surface area (Å²) in [5.41, 5.74) is 1.36. The second kappa shape index (κ2) is 5.07. The van der Waals surface area contributed by atoms with E-state index in [0.29, 0.717) is 0 Å². The van der Waals surface area contributed by atoms with Crippen LogP contribution in [0.3, 0.4) is 0 Å². The second-order valence-electron chi connectivity index (χ2n) is 3.94. The molecule has 1 aromatic carbocycles. The number of piperazine rings is 1. The van der Waals surface area contributed by atoms with Gasteiger partial charge in [0.2, 0.25) is 0 Å². The van der Waals surface area contributed by atoms with Crippen molar-refractivity contribution in [1.82, 2.24) is 9.91 Å². The fourth-order valence-corrected chi connectivity index (χ4v) is 2.26. The fourth-order valence-electron chi connectivity index (χ4n) is 1.81. The molecule has 2 N–H and O–H groups in total. The Morgan fingerprint density at radius 1 is 1.20 bits per heavy atom. The molecule has 0 aliphatic carbocycles. The number of benzene rings is 1. The number of hydrazine groups is 1. The average molecular weight is 270 g/mol. The number of nitrogens with zero attached hydrogens (tertiary/aromatic N) is 2. The first-order chi connectivity index (χ1) is 7.24. The van der Waals surface area contributed by atoms with Crippen LogP contribution in [0.25, 0.3) is 0 Å².